The van der Waals surface area contributed by atoms with Crippen LogP contribution in [-0.4, -0.2) is 67.6 Å². The van der Waals surface area contributed by atoms with Gasteiger partial charge in [-0.25, -0.2) is 9.78 Å². The molecule has 1 aliphatic heterocycles. The van der Waals surface area contributed by atoms with E-state index in [1.807, 2.05) is 33.8 Å². The Bertz CT molecular complexity index is 1300. The first-order chi connectivity index (χ1) is 17.6. The summed E-state index contributed by atoms with van der Waals surface area (Å²) in [6.45, 7) is 8.10. The quantitative estimate of drug-likeness (QED) is 0.518. The number of anilines is 1. The number of nitrogens with zero attached hydrogens (tertiary/aromatic N) is 5. The third kappa shape index (κ3) is 5.88. The first-order valence-electron chi connectivity index (χ1n) is 12.1. The second-order valence-electron chi connectivity index (χ2n) is 9.93. The Morgan fingerprint density at radius 1 is 1.22 bits per heavy atom. The van der Waals surface area contributed by atoms with Gasteiger partial charge in [-0.3, -0.25) is 4.79 Å². The Morgan fingerprint density at radius 2 is 2.00 bits per heavy atom. The molecule has 0 radical (unpaired) electrons. The molecule has 196 valence electrons. The lowest BCUT2D eigenvalue weighted by Crippen LogP contribution is -2.40. The van der Waals surface area contributed by atoms with E-state index in [0.717, 1.165) is 11.1 Å². The van der Waals surface area contributed by atoms with Gasteiger partial charge in [-0.15, -0.1) is 10.2 Å². The van der Waals surface area contributed by atoms with Crippen molar-refractivity contribution in [3.05, 3.63) is 53.3 Å². The number of aliphatic hydroxyl groups is 1. The Balaban J connectivity index is 1.57. The van der Waals surface area contributed by atoms with Crippen molar-refractivity contribution < 1.29 is 24.2 Å². The summed E-state index contributed by atoms with van der Waals surface area (Å²) in [6, 6.07) is 8.55. The fourth-order valence-electron chi connectivity index (χ4n) is 4.06. The van der Waals surface area contributed by atoms with Gasteiger partial charge in [0.1, 0.15) is 29.2 Å². The SMILES string of the molecule is COc1cc2c(cc1C(=O)Nc1cccc(-c3nncn3[C@H](C)CO)n1)CN(C(=O)OC(C)(C)C)CC2. The van der Waals surface area contributed by atoms with Gasteiger partial charge in [0, 0.05) is 13.1 Å². The molecule has 11 heteroatoms. The molecule has 37 heavy (non-hydrogen) atoms. The standard InChI is InChI=1S/C26H32N6O5/c1-16(14-33)32-15-27-30-23(32)20-7-6-8-22(28-20)29-24(34)19-11-18-13-31(25(35)37-26(2,3)4)10-9-17(18)12-21(19)36-5/h6-8,11-12,15-16,33H,9-10,13-14H2,1-5H3,(H,28,29,34)/t16-/m1/s1. The van der Waals surface area contributed by atoms with E-state index in [0.29, 0.717) is 48.2 Å². The van der Waals surface area contributed by atoms with E-state index < -0.39 is 11.5 Å². The molecule has 4 rings (SSSR count). The van der Waals surface area contributed by atoms with Crippen LogP contribution in [-0.2, 0) is 17.7 Å². The Kier molecular flexibility index (Phi) is 7.44. The van der Waals surface area contributed by atoms with Crippen molar-refractivity contribution in [1.82, 2.24) is 24.6 Å². The molecule has 3 heterocycles. The monoisotopic (exact) mass is 508 g/mol. The fraction of sp³-hybridized carbons (Fsp3) is 0.423. The van der Waals surface area contributed by atoms with Gasteiger partial charge in [-0.1, -0.05) is 6.07 Å². The summed E-state index contributed by atoms with van der Waals surface area (Å²) >= 11 is 0. The van der Waals surface area contributed by atoms with Crippen molar-refractivity contribution in [2.24, 2.45) is 0 Å². The molecule has 2 N–H and O–H groups in total. The van der Waals surface area contributed by atoms with Crippen molar-refractivity contribution >= 4 is 17.8 Å². The van der Waals surface area contributed by atoms with Crippen LogP contribution in [0, 0.1) is 0 Å². The summed E-state index contributed by atoms with van der Waals surface area (Å²) in [5.41, 5.74) is 2.12. The number of pyridine rings is 1. The summed E-state index contributed by atoms with van der Waals surface area (Å²) < 4.78 is 12.8. The van der Waals surface area contributed by atoms with E-state index in [1.54, 1.807) is 33.7 Å². The lowest BCUT2D eigenvalue weighted by Gasteiger charge is -2.31. The molecule has 0 saturated heterocycles. The normalized spacial score (nSPS) is 14.1. The second-order valence-corrected chi connectivity index (χ2v) is 9.93. The number of carbonyl (C=O) groups is 2. The van der Waals surface area contributed by atoms with E-state index >= 15 is 0 Å². The number of benzene rings is 1. The molecule has 11 nitrogen and oxygen atoms in total. The van der Waals surface area contributed by atoms with E-state index in [1.165, 1.54) is 13.4 Å². The molecule has 1 aliphatic rings. The maximum absolute atomic E-state index is 13.3. The number of nitrogens with one attached hydrogen (secondary N) is 1. The molecule has 2 aromatic heterocycles. The lowest BCUT2D eigenvalue weighted by molar-refractivity contribution is 0.0224. The number of methoxy groups -OCH3 is 1. The van der Waals surface area contributed by atoms with Gasteiger partial charge in [-0.05, 0) is 69.5 Å². The van der Waals surface area contributed by atoms with Gasteiger partial charge in [-0.2, -0.15) is 0 Å². The van der Waals surface area contributed by atoms with Gasteiger partial charge in [0.2, 0.25) is 0 Å². The highest BCUT2D eigenvalue weighted by Gasteiger charge is 2.27. The zero-order valence-electron chi connectivity index (χ0n) is 21.7. The van der Waals surface area contributed by atoms with Crippen LogP contribution >= 0.6 is 0 Å². The van der Waals surface area contributed by atoms with Gasteiger partial charge in [0.15, 0.2) is 5.82 Å². The third-order valence-corrected chi connectivity index (χ3v) is 5.96. The molecule has 1 aromatic carbocycles. The first kappa shape index (κ1) is 26.1. The third-order valence-electron chi connectivity index (χ3n) is 5.96. The van der Waals surface area contributed by atoms with Crippen molar-refractivity contribution in [1.29, 1.82) is 0 Å². The van der Waals surface area contributed by atoms with Crippen molar-refractivity contribution in [2.45, 2.75) is 52.3 Å². The van der Waals surface area contributed by atoms with Crippen LogP contribution in [0.25, 0.3) is 11.5 Å². The number of hydrogen-bond acceptors (Lipinski definition) is 8. The highest BCUT2D eigenvalue weighted by atomic mass is 16.6. The van der Waals surface area contributed by atoms with Crippen LogP contribution in [0.1, 0.15) is 55.2 Å². The average molecular weight is 509 g/mol. The number of aromatic nitrogens is 4. The molecule has 3 aromatic rings. The molecule has 0 aliphatic carbocycles. The molecule has 0 spiro atoms. The van der Waals surface area contributed by atoms with Crippen LogP contribution in [0.4, 0.5) is 10.6 Å². The first-order valence-corrected chi connectivity index (χ1v) is 12.1. The van der Waals surface area contributed by atoms with E-state index in [4.69, 9.17) is 9.47 Å². The van der Waals surface area contributed by atoms with Gasteiger partial charge < -0.3 is 29.4 Å². The van der Waals surface area contributed by atoms with Crippen LogP contribution < -0.4 is 10.1 Å². The highest BCUT2D eigenvalue weighted by molar-refractivity contribution is 6.06. The maximum atomic E-state index is 13.3. The number of carbonyl (C=O) groups excluding carboxylic acids is 2. The van der Waals surface area contributed by atoms with Crippen LogP contribution in [0.15, 0.2) is 36.7 Å². The number of fused-ring (bicyclic) bond motifs is 1. The molecular formula is C26H32N6O5. The van der Waals surface area contributed by atoms with E-state index in [-0.39, 0.29) is 18.7 Å². The van der Waals surface area contributed by atoms with E-state index in [2.05, 4.69) is 20.5 Å². The zero-order valence-corrected chi connectivity index (χ0v) is 21.7. The smallest absolute Gasteiger partial charge is 0.410 e. The van der Waals surface area contributed by atoms with E-state index in [9.17, 15) is 14.7 Å². The predicted octanol–water partition coefficient (Wildman–Crippen LogP) is 3.45. The topological polar surface area (TPSA) is 132 Å². The fourth-order valence-corrected chi connectivity index (χ4v) is 4.06. The lowest BCUT2D eigenvalue weighted by atomic mass is 9.96. The molecule has 0 bridgehead atoms. The Labute approximate surface area is 215 Å². The summed E-state index contributed by atoms with van der Waals surface area (Å²) in [6.07, 6.45) is 1.77. The highest BCUT2D eigenvalue weighted by Crippen LogP contribution is 2.29. The average Bonchev–Trinajstić information content (AvgIpc) is 3.36. The second kappa shape index (κ2) is 10.6. The predicted molar refractivity (Wildman–Crippen MR) is 136 cm³/mol. The number of aliphatic hydroxyl groups excluding tert-OH is 1. The van der Waals surface area contributed by atoms with Gasteiger partial charge in [0.05, 0.1) is 25.3 Å². The summed E-state index contributed by atoms with van der Waals surface area (Å²) in [5.74, 6) is 0.841. The molecule has 0 fully saturated rings. The molecule has 0 saturated carbocycles. The molecular weight excluding hydrogens is 476 g/mol. The minimum atomic E-state index is -0.590. The van der Waals surface area contributed by atoms with Gasteiger partial charge in [0.25, 0.3) is 5.91 Å². The number of amides is 2. The van der Waals surface area contributed by atoms with Crippen LogP contribution in [0.5, 0.6) is 5.75 Å². The summed E-state index contributed by atoms with van der Waals surface area (Å²) in [4.78, 5) is 32.0. The van der Waals surface area contributed by atoms with Crippen molar-refractivity contribution in [2.75, 3.05) is 25.6 Å². The maximum Gasteiger partial charge on any atom is 0.410 e. The minimum Gasteiger partial charge on any atom is -0.496 e. The minimum absolute atomic E-state index is 0.0784. The zero-order chi connectivity index (χ0) is 26.7. The molecule has 2 amide bonds. The number of ether oxygens (including phenoxy) is 2. The molecule has 0 unspecified atom stereocenters. The van der Waals surface area contributed by atoms with Crippen LogP contribution in [0.2, 0.25) is 0 Å². The number of hydrogen-bond donors (Lipinski definition) is 2. The van der Waals surface area contributed by atoms with Crippen LogP contribution in [0.3, 0.4) is 0 Å². The van der Waals surface area contributed by atoms with Crippen molar-refractivity contribution in [3.63, 3.8) is 0 Å². The van der Waals surface area contributed by atoms with Crippen molar-refractivity contribution in [3.8, 4) is 17.3 Å². The molecule has 1 atom stereocenters. The summed E-state index contributed by atoms with van der Waals surface area (Å²) in [5, 5.41) is 20.4. The largest absolute Gasteiger partial charge is 0.496 e. The summed E-state index contributed by atoms with van der Waals surface area (Å²) in [7, 11) is 1.52. The Hall–Kier alpha value is -3.99. The van der Waals surface area contributed by atoms with Gasteiger partial charge >= 0.3 is 6.09 Å². The Morgan fingerprint density at radius 3 is 2.70 bits per heavy atom. The number of rotatable bonds is 6.